The summed E-state index contributed by atoms with van der Waals surface area (Å²) in [7, 11) is -4.65. The van der Waals surface area contributed by atoms with Crippen LogP contribution >= 0.6 is 7.82 Å². The molecule has 0 spiro atoms. The monoisotopic (exact) mass is 325 g/mol. The zero-order valence-corrected chi connectivity index (χ0v) is 11.7. The first-order valence-electron chi connectivity index (χ1n) is 6.12. The molecule has 2 heterocycles. The van der Waals surface area contributed by atoms with Crippen LogP contribution < -0.4 is 5.32 Å². The van der Waals surface area contributed by atoms with Crippen molar-refractivity contribution in [1.82, 2.24) is 10.2 Å². The average Bonchev–Trinajstić information content (AvgIpc) is 2.76. The molecule has 0 unspecified atom stereocenters. The van der Waals surface area contributed by atoms with Crippen LogP contribution in [0, 0.1) is 0 Å². The van der Waals surface area contributed by atoms with Crippen LogP contribution in [0.25, 0.3) is 0 Å². The van der Waals surface area contributed by atoms with Crippen LogP contribution in [-0.2, 0) is 13.8 Å². The molecule has 2 saturated heterocycles. The number of rotatable bonds is 4. The second kappa shape index (κ2) is 6.26. The fourth-order valence-electron chi connectivity index (χ4n) is 2.16. The third-order valence-corrected chi connectivity index (χ3v) is 3.67. The van der Waals surface area contributed by atoms with E-state index in [2.05, 4.69) is 15.0 Å². The van der Waals surface area contributed by atoms with E-state index in [1.165, 1.54) is 4.90 Å². The van der Waals surface area contributed by atoms with E-state index in [0.29, 0.717) is 6.42 Å². The Balaban J connectivity index is 1.92. The van der Waals surface area contributed by atoms with Crippen molar-refractivity contribution in [2.24, 2.45) is 5.16 Å². The van der Waals surface area contributed by atoms with Gasteiger partial charge in [-0.1, -0.05) is 5.16 Å². The largest absolute Gasteiger partial charge is 0.469 e. The van der Waals surface area contributed by atoms with Gasteiger partial charge in [0, 0.05) is 19.4 Å². The number of hydrogen-bond acceptors (Lipinski definition) is 7. The number of nitrogens with one attached hydrogen (secondary N) is 1. The molecule has 2 aliphatic heterocycles. The molecule has 2 amide bonds. The first-order chi connectivity index (χ1) is 9.80. The van der Waals surface area contributed by atoms with Crippen LogP contribution in [0.5, 0.6) is 0 Å². The minimum Gasteiger partial charge on any atom is -0.409 e. The first-order valence-corrected chi connectivity index (χ1v) is 7.65. The van der Waals surface area contributed by atoms with Gasteiger partial charge in [-0.3, -0.25) is 14.7 Å². The van der Waals surface area contributed by atoms with Crippen molar-refractivity contribution < 1.29 is 38.7 Å². The van der Waals surface area contributed by atoms with Crippen molar-refractivity contribution in [2.75, 3.05) is 13.2 Å². The van der Waals surface area contributed by atoms with Gasteiger partial charge < -0.3 is 24.8 Å². The van der Waals surface area contributed by atoms with E-state index < -0.39 is 38.9 Å². The second-order valence-electron chi connectivity index (χ2n) is 4.64. The molecule has 11 nitrogen and oxygen atoms in total. The van der Waals surface area contributed by atoms with Gasteiger partial charge in [-0.25, -0.2) is 9.36 Å². The van der Waals surface area contributed by atoms with E-state index in [1.807, 2.05) is 0 Å². The van der Waals surface area contributed by atoms with Gasteiger partial charge in [-0.05, 0) is 0 Å². The second-order valence-corrected chi connectivity index (χ2v) is 5.88. The lowest BCUT2D eigenvalue weighted by Crippen LogP contribution is -2.53. The number of amides is 2. The first kappa shape index (κ1) is 16.1. The van der Waals surface area contributed by atoms with Gasteiger partial charge in [0.25, 0.3) is 0 Å². The summed E-state index contributed by atoms with van der Waals surface area (Å²) in [6.45, 7) is -0.255. The topological polar surface area (TPSA) is 161 Å². The number of nitrogens with zero attached hydrogens (tertiary/aromatic N) is 2. The SMILES string of the molecule is O=C1N/C(=N/O)CCN1[C@H]1C[C@H](O)[C@@H](COP(=O)(O)O)O1. The molecule has 3 atom stereocenters. The van der Waals surface area contributed by atoms with E-state index in [-0.39, 0.29) is 18.8 Å². The Morgan fingerprint density at radius 1 is 1.52 bits per heavy atom. The van der Waals surface area contributed by atoms with Gasteiger partial charge >= 0.3 is 13.9 Å². The lowest BCUT2D eigenvalue weighted by Gasteiger charge is -2.32. The summed E-state index contributed by atoms with van der Waals surface area (Å²) < 4.78 is 20.3. The van der Waals surface area contributed by atoms with E-state index >= 15 is 0 Å². The molecular weight excluding hydrogens is 309 g/mol. The minimum absolute atomic E-state index is 0.0915. The minimum atomic E-state index is -4.65. The number of amidine groups is 1. The van der Waals surface area contributed by atoms with Crippen molar-refractivity contribution in [1.29, 1.82) is 0 Å². The van der Waals surface area contributed by atoms with E-state index in [1.54, 1.807) is 0 Å². The van der Waals surface area contributed by atoms with Gasteiger partial charge in [0.05, 0.1) is 12.7 Å². The normalized spacial score (nSPS) is 32.5. The zero-order valence-electron chi connectivity index (χ0n) is 10.8. The van der Waals surface area contributed by atoms with Crippen LogP contribution in [-0.4, -0.2) is 68.5 Å². The summed E-state index contributed by atoms with van der Waals surface area (Å²) in [5.74, 6) is 0.135. The highest BCUT2D eigenvalue weighted by molar-refractivity contribution is 7.46. The number of aliphatic hydroxyl groups excluding tert-OH is 1. The number of ether oxygens (including phenoxy) is 1. The maximum Gasteiger partial charge on any atom is 0.469 e. The maximum atomic E-state index is 11.8. The molecule has 0 aromatic carbocycles. The van der Waals surface area contributed by atoms with Crippen LogP contribution in [0.2, 0.25) is 0 Å². The highest BCUT2D eigenvalue weighted by Gasteiger charge is 2.41. The van der Waals surface area contributed by atoms with Gasteiger partial charge in [0.15, 0.2) is 5.84 Å². The Kier molecular flexibility index (Phi) is 4.81. The number of hydrogen-bond donors (Lipinski definition) is 5. The molecule has 0 aromatic heterocycles. The lowest BCUT2D eigenvalue weighted by atomic mass is 10.2. The molecule has 2 rings (SSSR count). The Bertz CT molecular complexity index is 480. The Labute approximate surface area is 119 Å². The Hall–Kier alpha value is -1.23. The average molecular weight is 325 g/mol. The van der Waals surface area contributed by atoms with Crippen molar-refractivity contribution in [3.8, 4) is 0 Å². The number of phosphoric acid groups is 1. The van der Waals surface area contributed by atoms with Crippen molar-refractivity contribution in [2.45, 2.75) is 31.3 Å². The maximum absolute atomic E-state index is 11.8. The molecular formula is C9H16N3O8P. The number of phosphoric ester groups is 1. The third kappa shape index (κ3) is 4.13. The summed E-state index contributed by atoms with van der Waals surface area (Å²) >= 11 is 0. The molecule has 5 N–H and O–H groups in total. The highest BCUT2D eigenvalue weighted by Crippen LogP contribution is 2.37. The van der Waals surface area contributed by atoms with Crippen LogP contribution in [0.15, 0.2) is 5.16 Å². The van der Waals surface area contributed by atoms with Gasteiger partial charge in [-0.15, -0.1) is 0 Å². The van der Waals surface area contributed by atoms with Gasteiger partial charge in [0.1, 0.15) is 12.3 Å². The Morgan fingerprint density at radius 2 is 2.24 bits per heavy atom. The molecule has 120 valence electrons. The summed E-state index contributed by atoms with van der Waals surface area (Å²) in [6, 6.07) is -0.539. The molecule has 21 heavy (non-hydrogen) atoms. The highest BCUT2D eigenvalue weighted by atomic mass is 31.2. The predicted molar refractivity (Wildman–Crippen MR) is 66.4 cm³/mol. The van der Waals surface area contributed by atoms with Gasteiger partial charge in [0.2, 0.25) is 0 Å². The molecule has 2 aliphatic rings. The van der Waals surface area contributed by atoms with Crippen LogP contribution in [0.4, 0.5) is 4.79 Å². The molecule has 2 fully saturated rings. The molecule has 12 heteroatoms. The molecule has 0 bridgehead atoms. The molecule has 0 aliphatic carbocycles. The number of carbonyl (C=O) groups is 1. The molecule has 0 aromatic rings. The van der Waals surface area contributed by atoms with E-state index in [0.717, 1.165) is 0 Å². The quantitative estimate of drug-likeness (QED) is 0.244. The number of aliphatic hydroxyl groups is 1. The Morgan fingerprint density at radius 3 is 2.81 bits per heavy atom. The van der Waals surface area contributed by atoms with Crippen LogP contribution in [0.3, 0.4) is 0 Å². The third-order valence-electron chi connectivity index (χ3n) is 3.18. The standard InChI is InChI=1S/C9H16N3O8P/c13-5-3-8(20-6(5)4-19-21(16,17)18)12-2-1-7(11-15)10-9(12)14/h5-6,8,13,15H,1-4H2,(H,10,11,14)(H2,16,17,18)/t5-,6+,8+/m0/s1. The molecule has 0 saturated carbocycles. The van der Waals surface area contributed by atoms with E-state index in [4.69, 9.17) is 19.7 Å². The lowest BCUT2D eigenvalue weighted by molar-refractivity contribution is -0.0633. The number of urea groups is 1. The fraction of sp³-hybridized carbons (Fsp3) is 0.778. The predicted octanol–water partition coefficient (Wildman–Crippen LogP) is -1.23. The fourth-order valence-corrected chi connectivity index (χ4v) is 2.50. The summed E-state index contributed by atoms with van der Waals surface area (Å²) in [5.41, 5.74) is 0. The number of oxime groups is 1. The van der Waals surface area contributed by atoms with E-state index in [9.17, 15) is 14.5 Å². The van der Waals surface area contributed by atoms with Crippen molar-refractivity contribution in [3.05, 3.63) is 0 Å². The van der Waals surface area contributed by atoms with Crippen molar-refractivity contribution in [3.63, 3.8) is 0 Å². The smallest absolute Gasteiger partial charge is 0.409 e. The van der Waals surface area contributed by atoms with Gasteiger partial charge in [-0.2, -0.15) is 0 Å². The number of carbonyl (C=O) groups excluding carboxylic acids is 1. The molecule has 0 radical (unpaired) electrons. The van der Waals surface area contributed by atoms with Crippen molar-refractivity contribution >= 4 is 19.7 Å². The summed E-state index contributed by atoms with van der Waals surface area (Å²) in [5, 5.41) is 23.6. The zero-order chi connectivity index (χ0) is 15.6. The summed E-state index contributed by atoms with van der Waals surface area (Å²) in [6.07, 6.45) is -2.31. The summed E-state index contributed by atoms with van der Waals surface area (Å²) in [4.78, 5) is 30.3. The van der Waals surface area contributed by atoms with Crippen LogP contribution in [0.1, 0.15) is 12.8 Å².